The van der Waals surface area contributed by atoms with Crippen molar-refractivity contribution in [2.24, 2.45) is 0 Å². The summed E-state index contributed by atoms with van der Waals surface area (Å²) >= 11 is 1.27. The van der Waals surface area contributed by atoms with E-state index in [9.17, 15) is 4.79 Å². The van der Waals surface area contributed by atoms with Gasteiger partial charge < -0.3 is 19.2 Å². The van der Waals surface area contributed by atoms with Crippen molar-refractivity contribution >= 4 is 28.8 Å². The Kier molecular flexibility index (Phi) is 5.45. The summed E-state index contributed by atoms with van der Waals surface area (Å²) in [5.41, 5.74) is 2.43. The molecule has 3 rings (SSSR count). The molecule has 0 atom stereocenters. The Morgan fingerprint density at radius 2 is 1.96 bits per heavy atom. The fourth-order valence-electron chi connectivity index (χ4n) is 2.28. The number of carbonyl (C=O) groups excluding carboxylic acids is 1. The van der Waals surface area contributed by atoms with Crippen molar-refractivity contribution in [3.63, 3.8) is 0 Å². The molecule has 0 aliphatic rings. The number of hydrogen-bond acceptors (Lipinski definition) is 6. The molecule has 3 aromatic rings. The van der Waals surface area contributed by atoms with Crippen LogP contribution in [0, 0.1) is 0 Å². The molecule has 0 saturated carbocycles. The molecule has 6 nitrogen and oxygen atoms in total. The van der Waals surface area contributed by atoms with Gasteiger partial charge in [0.2, 0.25) is 5.91 Å². The van der Waals surface area contributed by atoms with Gasteiger partial charge in [-0.3, -0.25) is 4.79 Å². The lowest BCUT2D eigenvalue weighted by Gasteiger charge is -2.10. The molecule has 1 N–H and O–H groups in total. The van der Waals surface area contributed by atoms with Crippen LogP contribution in [0.25, 0.3) is 11.1 Å². The van der Waals surface area contributed by atoms with Gasteiger partial charge >= 0.3 is 0 Å². The van der Waals surface area contributed by atoms with Crippen molar-refractivity contribution in [1.29, 1.82) is 0 Å². The second-order valence-electron chi connectivity index (χ2n) is 5.20. The van der Waals surface area contributed by atoms with Crippen LogP contribution in [-0.4, -0.2) is 30.9 Å². The largest absolute Gasteiger partial charge is 0.493 e. The van der Waals surface area contributed by atoms with Gasteiger partial charge in [-0.2, -0.15) is 0 Å². The van der Waals surface area contributed by atoms with Crippen LogP contribution in [0.1, 0.15) is 5.56 Å². The quantitative estimate of drug-likeness (QED) is 0.654. The van der Waals surface area contributed by atoms with Crippen LogP contribution in [0.4, 0.5) is 0 Å². The van der Waals surface area contributed by atoms with E-state index in [0.29, 0.717) is 23.3 Å². The van der Waals surface area contributed by atoms with E-state index in [0.717, 1.165) is 16.7 Å². The Bertz CT molecular complexity index is 845. The SMILES string of the molecule is COc1ccc(CNC(=O)CSc2nc3ccccc3o2)cc1OC. The third-order valence-corrected chi connectivity index (χ3v) is 4.37. The number of oxazole rings is 1. The molecule has 1 amide bonds. The molecule has 25 heavy (non-hydrogen) atoms. The van der Waals surface area contributed by atoms with Crippen molar-refractivity contribution in [2.75, 3.05) is 20.0 Å². The third-order valence-electron chi connectivity index (χ3n) is 3.54. The standard InChI is InChI=1S/C18H18N2O4S/c1-22-15-8-7-12(9-16(15)23-2)10-19-17(21)11-25-18-20-13-5-3-4-6-14(13)24-18/h3-9H,10-11H2,1-2H3,(H,19,21). The van der Waals surface area contributed by atoms with Gasteiger partial charge in [0.25, 0.3) is 5.22 Å². The van der Waals surface area contributed by atoms with E-state index < -0.39 is 0 Å². The first kappa shape index (κ1) is 17.2. The topological polar surface area (TPSA) is 73.6 Å². The first-order chi connectivity index (χ1) is 12.2. The number of amides is 1. The van der Waals surface area contributed by atoms with Crippen LogP contribution in [0.15, 0.2) is 52.1 Å². The highest BCUT2D eigenvalue weighted by molar-refractivity contribution is 7.99. The second kappa shape index (κ2) is 7.94. The summed E-state index contributed by atoms with van der Waals surface area (Å²) in [6.45, 7) is 0.410. The van der Waals surface area contributed by atoms with Crippen molar-refractivity contribution < 1.29 is 18.7 Å². The molecule has 7 heteroatoms. The zero-order valence-electron chi connectivity index (χ0n) is 13.9. The maximum absolute atomic E-state index is 12.0. The summed E-state index contributed by atoms with van der Waals surface area (Å²) in [5, 5.41) is 3.35. The van der Waals surface area contributed by atoms with E-state index in [-0.39, 0.29) is 11.7 Å². The van der Waals surface area contributed by atoms with Crippen molar-refractivity contribution in [3.8, 4) is 11.5 Å². The van der Waals surface area contributed by atoms with Gasteiger partial charge in [-0.15, -0.1) is 0 Å². The Balaban J connectivity index is 1.52. The molecule has 0 aliphatic carbocycles. The minimum atomic E-state index is -0.0953. The van der Waals surface area contributed by atoms with E-state index in [1.807, 2.05) is 42.5 Å². The summed E-state index contributed by atoms with van der Waals surface area (Å²) in [5.74, 6) is 1.43. The molecule has 0 unspecified atom stereocenters. The summed E-state index contributed by atoms with van der Waals surface area (Å²) in [4.78, 5) is 16.4. The lowest BCUT2D eigenvalue weighted by atomic mass is 10.2. The van der Waals surface area contributed by atoms with E-state index in [1.165, 1.54) is 11.8 Å². The average molecular weight is 358 g/mol. The smallest absolute Gasteiger partial charge is 0.257 e. The van der Waals surface area contributed by atoms with Gasteiger partial charge in [-0.1, -0.05) is 30.0 Å². The minimum Gasteiger partial charge on any atom is -0.493 e. The summed E-state index contributed by atoms with van der Waals surface area (Å²) in [7, 11) is 3.17. The van der Waals surface area contributed by atoms with Crippen LogP contribution in [0.5, 0.6) is 11.5 Å². The Hall–Kier alpha value is -2.67. The Morgan fingerprint density at radius 1 is 1.16 bits per heavy atom. The van der Waals surface area contributed by atoms with Crippen molar-refractivity contribution in [2.45, 2.75) is 11.8 Å². The minimum absolute atomic E-state index is 0.0953. The highest BCUT2D eigenvalue weighted by atomic mass is 32.2. The lowest BCUT2D eigenvalue weighted by molar-refractivity contribution is -0.118. The number of ether oxygens (including phenoxy) is 2. The first-order valence-corrected chi connectivity index (χ1v) is 8.64. The fraction of sp³-hybridized carbons (Fsp3) is 0.222. The van der Waals surface area contributed by atoms with Gasteiger partial charge in [-0.25, -0.2) is 4.98 Å². The molecule has 0 saturated heterocycles. The van der Waals surface area contributed by atoms with Crippen molar-refractivity contribution in [1.82, 2.24) is 10.3 Å². The first-order valence-electron chi connectivity index (χ1n) is 7.65. The molecular weight excluding hydrogens is 340 g/mol. The van der Waals surface area contributed by atoms with E-state index in [1.54, 1.807) is 14.2 Å². The average Bonchev–Trinajstić information content (AvgIpc) is 3.07. The number of rotatable bonds is 7. The Morgan fingerprint density at radius 3 is 2.72 bits per heavy atom. The molecule has 1 heterocycles. The number of carbonyl (C=O) groups is 1. The van der Waals surface area contributed by atoms with Gasteiger partial charge in [-0.05, 0) is 29.8 Å². The summed E-state index contributed by atoms with van der Waals surface area (Å²) in [6.07, 6.45) is 0. The summed E-state index contributed by atoms with van der Waals surface area (Å²) < 4.78 is 16.0. The normalized spacial score (nSPS) is 10.6. The number of para-hydroxylation sites is 2. The lowest BCUT2D eigenvalue weighted by Crippen LogP contribution is -2.24. The fourth-order valence-corrected chi connectivity index (χ4v) is 2.95. The van der Waals surface area contributed by atoms with Crippen LogP contribution in [0.3, 0.4) is 0 Å². The van der Waals surface area contributed by atoms with Gasteiger partial charge in [0, 0.05) is 6.54 Å². The van der Waals surface area contributed by atoms with Crippen LogP contribution in [0.2, 0.25) is 0 Å². The van der Waals surface area contributed by atoms with Crippen LogP contribution >= 0.6 is 11.8 Å². The molecule has 0 fully saturated rings. The summed E-state index contributed by atoms with van der Waals surface area (Å²) in [6, 6.07) is 13.0. The van der Waals surface area contributed by atoms with E-state index in [2.05, 4.69) is 10.3 Å². The number of methoxy groups -OCH3 is 2. The van der Waals surface area contributed by atoms with Gasteiger partial charge in [0.1, 0.15) is 5.52 Å². The number of thioether (sulfide) groups is 1. The molecule has 0 spiro atoms. The zero-order chi connectivity index (χ0) is 17.6. The van der Waals surface area contributed by atoms with E-state index >= 15 is 0 Å². The maximum Gasteiger partial charge on any atom is 0.257 e. The molecule has 0 radical (unpaired) electrons. The number of fused-ring (bicyclic) bond motifs is 1. The highest BCUT2D eigenvalue weighted by Gasteiger charge is 2.10. The third kappa shape index (κ3) is 4.24. The molecule has 0 aliphatic heterocycles. The zero-order valence-corrected chi connectivity index (χ0v) is 14.8. The van der Waals surface area contributed by atoms with Crippen LogP contribution < -0.4 is 14.8 Å². The number of benzene rings is 2. The van der Waals surface area contributed by atoms with Crippen molar-refractivity contribution in [3.05, 3.63) is 48.0 Å². The predicted molar refractivity (Wildman–Crippen MR) is 96.1 cm³/mol. The maximum atomic E-state index is 12.0. The monoisotopic (exact) mass is 358 g/mol. The van der Waals surface area contributed by atoms with Crippen LogP contribution in [-0.2, 0) is 11.3 Å². The molecule has 130 valence electrons. The molecule has 0 bridgehead atoms. The van der Waals surface area contributed by atoms with Gasteiger partial charge in [0.15, 0.2) is 17.1 Å². The second-order valence-corrected chi connectivity index (χ2v) is 6.13. The number of aromatic nitrogens is 1. The number of hydrogen-bond donors (Lipinski definition) is 1. The molecule has 2 aromatic carbocycles. The predicted octanol–water partition coefficient (Wildman–Crippen LogP) is 3.25. The van der Waals surface area contributed by atoms with E-state index in [4.69, 9.17) is 13.9 Å². The molecule has 1 aromatic heterocycles. The Labute approximate surface area is 149 Å². The molecular formula is C18H18N2O4S. The highest BCUT2D eigenvalue weighted by Crippen LogP contribution is 2.27. The number of nitrogens with one attached hydrogen (secondary N) is 1. The van der Waals surface area contributed by atoms with Gasteiger partial charge in [0.05, 0.1) is 20.0 Å². The number of nitrogens with zero attached hydrogens (tertiary/aromatic N) is 1.